The Morgan fingerprint density at radius 3 is 2.75 bits per heavy atom. The molecule has 1 amide bonds. The number of aryl methyl sites for hydroxylation is 1. The Morgan fingerprint density at radius 2 is 2.02 bits per heavy atom. The van der Waals surface area contributed by atoms with Gasteiger partial charge in [-0.25, -0.2) is 13.4 Å². The molecule has 0 bridgehead atoms. The summed E-state index contributed by atoms with van der Waals surface area (Å²) in [5.74, 6) is 0.458. The standard InChI is InChI=1S/C28H34N6O4S2/c1-17-15-39-16-20(17)11-18(2)30-22-5-6-29-27(35)25(22)26-31-23-12-19-14-34(28(36)21(19)13-24(23)32-26)8-7-33(3)9-10-40(4,37)38/h5-6,12-13,15-16,18H,7-11,14H2,1-4H3,(H,31,32)(H2,29,30,35)/t18-/m0/s1. The number of amides is 1. The minimum Gasteiger partial charge on any atom is -0.381 e. The maximum absolute atomic E-state index is 13.1. The Bertz CT molecular complexity index is 1720. The molecule has 3 aromatic heterocycles. The second-order valence-corrected chi connectivity index (χ2v) is 13.7. The van der Waals surface area contributed by atoms with Crippen molar-refractivity contribution in [3.63, 3.8) is 0 Å². The van der Waals surface area contributed by atoms with Crippen LogP contribution in [0, 0.1) is 6.92 Å². The molecule has 0 radical (unpaired) electrons. The fourth-order valence-electron chi connectivity index (χ4n) is 4.98. The van der Waals surface area contributed by atoms with E-state index in [2.05, 4.69) is 39.9 Å². The highest BCUT2D eigenvalue weighted by atomic mass is 32.2. The number of carbonyl (C=O) groups is 1. The minimum absolute atomic E-state index is 0.0737. The molecule has 1 aliphatic rings. The summed E-state index contributed by atoms with van der Waals surface area (Å²) in [6.45, 7) is 6.16. The first-order chi connectivity index (χ1) is 19.0. The summed E-state index contributed by atoms with van der Waals surface area (Å²) in [6, 6.07) is 5.65. The van der Waals surface area contributed by atoms with Crippen LogP contribution in [0.4, 0.5) is 5.69 Å². The molecule has 0 fully saturated rings. The highest BCUT2D eigenvalue weighted by Crippen LogP contribution is 2.30. The molecule has 1 aliphatic heterocycles. The van der Waals surface area contributed by atoms with E-state index in [9.17, 15) is 18.0 Å². The van der Waals surface area contributed by atoms with Gasteiger partial charge in [-0.1, -0.05) is 0 Å². The number of aromatic nitrogens is 3. The van der Waals surface area contributed by atoms with E-state index in [1.54, 1.807) is 28.5 Å². The van der Waals surface area contributed by atoms with E-state index in [1.165, 1.54) is 17.4 Å². The number of H-pyrrole nitrogens is 2. The number of hydrogen-bond donors (Lipinski definition) is 3. The fourth-order valence-corrected chi connectivity index (χ4v) is 6.49. The first-order valence-corrected chi connectivity index (χ1v) is 16.2. The molecule has 1 atom stereocenters. The van der Waals surface area contributed by atoms with Crippen LogP contribution in [0.1, 0.15) is 34.0 Å². The topological polar surface area (TPSA) is 131 Å². The zero-order valence-corrected chi connectivity index (χ0v) is 24.7. The van der Waals surface area contributed by atoms with Crippen LogP contribution in [0.5, 0.6) is 0 Å². The highest BCUT2D eigenvalue weighted by Gasteiger charge is 2.29. The fraction of sp³-hybridized carbons (Fsp3) is 0.393. The molecule has 0 saturated carbocycles. The molecule has 4 aromatic rings. The lowest BCUT2D eigenvalue weighted by Gasteiger charge is -2.21. The molecule has 12 heteroatoms. The number of aromatic amines is 2. The van der Waals surface area contributed by atoms with Gasteiger partial charge in [0, 0.05) is 50.2 Å². The van der Waals surface area contributed by atoms with E-state index in [0.717, 1.165) is 17.5 Å². The Morgan fingerprint density at radius 1 is 1.23 bits per heavy atom. The number of anilines is 1. The number of fused-ring (bicyclic) bond motifs is 2. The molecule has 3 N–H and O–H groups in total. The molecule has 4 heterocycles. The highest BCUT2D eigenvalue weighted by molar-refractivity contribution is 7.90. The molecule has 5 rings (SSSR count). The van der Waals surface area contributed by atoms with Crippen molar-refractivity contribution in [2.24, 2.45) is 0 Å². The molecule has 10 nitrogen and oxygen atoms in total. The molecule has 0 spiro atoms. The predicted molar refractivity (Wildman–Crippen MR) is 160 cm³/mol. The first kappa shape index (κ1) is 28.1. The number of hydrogen-bond acceptors (Lipinski definition) is 8. The Hall–Kier alpha value is -3.48. The quantitative estimate of drug-likeness (QED) is 0.247. The number of likely N-dealkylation sites (N-methyl/N-ethyl adjacent to an activating group) is 1. The van der Waals surface area contributed by atoms with Crippen molar-refractivity contribution in [2.75, 3.05) is 44.0 Å². The van der Waals surface area contributed by atoms with Gasteiger partial charge in [0.25, 0.3) is 11.5 Å². The monoisotopic (exact) mass is 582 g/mol. The second kappa shape index (κ2) is 11.2. The van der Waals surface area contributed by atoms with Crippen LogP contribution < -0.4 is 10.9 Å². The van der Waals surface area contributed by atoms with Crippen LogP contribution in [-0.4, -0.2) is 83.8 Å². The number of pyridine rings is 1. The van der Waals surface area contributed by atoms with Crippen LogP contribution >= 0.6 is 11.3 Å². The van der Waals surface area contributed by atoms with Gasteiger partial charge >= 0.3 is 0 Å². The molecular weight excluding hydrogens is 548 g/mol. The zero-order chi connectivity index (χ0) is 28.6. The van der Waals surface area contributed by atoms with E-state index >= 15 is 0 Å². The number of carbonyl (C=O) groups excluding carboxylic acids is 1. The molecule has 0 saturated heterocycles. The molecule has 40 heavy (non-hydrogen) atoms. The summed E-state index contributed by atoms with van der Waals surface area (Å²) in [7, 11) is -1.18. The Kier molecular flexibility index (Phi) is 7.85. The van der Waals surface area contributed by atoms with Crippen molar-refractivity contribution in [1.82, 2.24) is 24.8 Å². The maximum Gasteiger partial charge on any atom is 0.261 e. The third-order valence-electron chi connectivity index (χ3n) is 7.27. The largest absolute Gasteiger partial charge is 0.381 e. The minimum atomic E-state index is -3.03. The van der Waals surface area contributed by atoms with Crippen molar-refractivity contribution in [3.8, 4) is 11.4 Å². The second-order valence-electron chi connectivity index (χ2n) is 10.7. The first-order valence-electron chi connectivity index (χ1n) is 13.2. The van der Waals surface area contributed by atoms with Crippen LogP contribution in [-0.2, 0) is 22.8 Å². The lowest BCUT2D eigenvalue weighted by molar-refractivity contribution is 0.0765. The number of sulfone groups is 1. The van der Waals surface area contributed by atoms with Crippen LogP contribution in [0.25, 0.3) is 22.4 Å². The summed E-state index contributed by atoms with van der Waals surface area (Å²) in [6.07, 6.45) is 3.68. The number of nitrogens with zero attached hydrogens (tertiary/aromatic N) is 3. The van der Waals surface area contributed by atoms with E-state index < -0.39 is 9.84 Å². The smallest absolute Gasteiger partial charge is 0.261 e. The zero-order valence-electron chi connectivity index (χ0n) is 23.1. The number of benzene rings is 1. The summed E-state index contributed by atoms with van der Waals surface area (Å²) < 4.78 is 22.9. The van der Waals surface area contributed by atoms with Gasteiger partial charge < -0.3 is 25.1 Å². The molecule has 1 aromatic carbocycles. The number of imidazole rings is 1. The summed E-state index contributed by atoms with van der Waals surface area (Å²) in [5, 5.41) is 7.78. The lowest BCUT2D eigenvalue weighted by Crippen LogP contribution is -2.35. The number of nitrogens with one attached hydrogen (secondary N) is 3. The molecular formula is C28H34N6O4S2. The van der Waals surface area contributed by atoms with Crippen molar-refractivity contribution in [2.45, 2.75) is 32.9 Å². The van der Waals surface area contributed by atoms with Crippen molar-refractivity contribution < 1.29 is 13.2 Å². The normalized spacial score (nSPS) is 14.3. The molecule has 0 unspecified atom stereocenters. The van der Waals surface area contributed by atoms with Gasteiger partial charge in [-0.05, 0) is 73.0 Å². The molecule has 212 valence electrons. The lowest BCUT2D eigenvalue weighted by atomic mass is 10.1. The third-order valence-corrected chi connectivity index (χ3v) is 9.10. The van der Waals surface area contributed by atoms with Crippen LogP contribution in [0.3, 0.4) is 0 Å². The van der Waals surface area contributed by atoms with Crippen molar-refractivity contribution >= 4 is 43.8 Å². The van der Waals surface area contributed by atoms with Gasteiger partial charge in [0.15, 0.2) is 0 Å². The van der Waals surface area contributed by atoms with E-state index in [0.29, 0.717) is 54.3 Å². The average Bonchev–Trinajstić information content (AvgIpc) is 3.56. The maximum atomic E-state index is 13.1. The summed E-state index contributed by atoms with van der Waals surface area (Å²) in [5.41, 5.74) is 6.29. The van der Waals surface area contributed by atoms with Gasteiger partial charge in [0.05, 0.1) is 22.5 Å². The predicted octanol–water partition coefficient (Wildman–Crippen LogP) is 3.26. The Balaban J connectivity index is 1.33. The molecule has 0 aliphatic carbocycles. The van der Waals surface area contributed by atoms with E-state index in [4.69, 9.17) is 4.98 Å². The van der Waals surface area contributed by atoms with Gasteiger partial charge in [-0.2, -0.15) is 11.3 Å². The summed E-state index contributed by atoms with van der Waals surface area (Å²) >= 11 is 1.69. The van der Waals surface area contributed by atoms with Gasteiger partial charge in [0.1, 0.15) is 21.2 Å². The summed E-state index contributed by atoms with van der Waals surface area (Å²) in [4.78, 5) is 40.5. The van der Waals surface area contributed by atoms with Crippen molar-refractivity contribution in [3.05, 3.63) is 67.8 Å². The van der Waals surface area contributed by atoms with Crippen LogP contribution in [0.15, 0.2) is 40.0 Å². The number of thiophene rings is 1. The van der Waals surface area contributed by atoms with Crippen molar-refractivity contribution in [1.29, 1.82) is 0 Å². The third kappa shape index (κ3) is 6.13. The Labute approximate surface area is 237 Å². The van der Waals surface area contributed by atoms with Crippen LogP contribution in [0.2, 0.25) is 0 Å². The van der Waals surface area contributed by atoms with Gasteiger partial charge in [-0.3, -0.25) is 9.59 Å². The van der Waals surface area contributed by atoms with E-state index in [1.807, 2.05) is 24.1 Å². The average molecular weight is 583 g/mol. The van der Waals surface area contributed by atoms with E-state index in [-0.39, 0.29) is 23.3 Å². The number of rotatable bonds is 11. The SMILES string of the molecule is Cc1cscc1C[C@H](C)Nc1cc[nH]c(=O)c1-c1nc2cc3c(cc2[nH]1)CN(CCN(C)CCS(C)(=O)=O)C3=O. The van der Waals surface area contributed by atoms with Gasteiger partial charge in [0.2, 0.25) is 0 Å². The van der Waals surface area contributed by atoms with Gasteiger partial charge in [-0.15, -0.1) is 0 Å².